The van der Waals surface area contributed by atoms with Crippen LogP contribution in [-0.4, -0.2) is 40.7 Å². The average Bonchev–Trinajstić information content (AvgIpc) is 3.09. The molecular formula is C18H17F3N2O4S. The number of anilines is 1. The van der Waals surface area contributed by atoms with Crippen molar-refractivity contribution in [1.29, 1.82) is 0 Å². The highest BCUT2D eigenvalue weighted by Crippen LogP contribution is 2.31. The summed E-state index contributed by atoms with van der Waals surface area (Å²) in [5, 5.41) is 0. The van der Waals surface area contributed by atoms with Gasteiger partial charge >= 0.3 is 6.18 Å². The number of carbonyl (C=O) groups excluding carboxylic acids is 1. The van der Waals surface area contributed by atoms with E-state index in [1.807, 2.05) is 0 Å². The van der Waals surface area contributed by atoms with Gasteiger partial charge < -0.3 is 9.64 Å². The van der Waals surface area contributed by atoms with Crippen LogP contribution >= 0.6 is 0 Å². The number of carbonyl (C=O) groups is 1. The number of nitrogens with one attached hydrogen (secondary N) is 1. The van der Waals surface area contributed by atoms with Gasteiger partial charge in [0.1, 0.15) is 5.75 Å². The van der Waals surface area contributed by atoms with Crippen LogP contribution in [0.4, 0.5) is 18.9 Å². The molecule has 10 heteroatoms. The minimum atomic E-state index is -4.44. The van der Waals surface area contributed by atoms with E-state index in [1.165, 1.54) is 48.3 Å². The molecule has 2 aromatic carbocycles. The molecule has 1 heterocycles. The van der Waals surface area contributed by atoms with Gasteiger partial charge in [0.25, 0.3) is 5.91 Å². The Bertz CT molecular complexity index is 989. The zero-order chi connectivity index (χ0) is 20.5. The van der Waals surface area contributed by atoms with E-state index in [0.29, 0.717) is 24.2 Å². The lowest BCUT2D eigenvalue weighted by Gasteiger charge is -2.18. The van der Waals surface area contributed by atoms with Gasteiger partial charge in [0.2, 0.25) is 10.0 Å². The number of amides is 1. The molecule has 28 heavy (non-hydrogen) atoms. The number of rotatable bonds is 5. The zero-order valence-corrected chi connectivity index (χ0v) is 15.6. The van der Waals surface area contributed by atoms with E-state index in [4.69, 9.17) is 0 Å². The summed E-state index contributed by atoms with van der Waals surface area (Å²) < 4.78 is 67.3. The Balaban J connectivity index is 1.77. The van der Waals surface area contributed by atoms with Gasteiger partial charge in [0.05, 0.1) is 4.90 Å². The van der Waals surface area contributed by atoms with E-state index < -0.39 is 22.8 Å². The van der Waals surface area contributed by atoms with E-state index in [1.54, 1.807) is 6.07 Å². The van der Waals surface area contributed by atoms with E-state index in [2.05, 4.69) is 9.46 Å². The van der Waals surface area contributed by atoms with Gasteiger partial charge in [-0.05, 0) is 61.5 Å². The van der Waals surface area contributed by atoms with Crippen LogP contribution in [0, 0.1) is 0 Å². The lowest BCUT2D eigenvalue weighted by atomic mass is 10.1. The Morgan fingerprint density at radius 3 is 2.46 bits per heavy atom. The molecule has 1 N–H and O–H groups in total. The van der Waals surface area contributed by atoms with Crippen molar-refractivity contribution in [2.75, 3.05) is 25.1 Å². The van der Waals surface area contributed by atoms with Gasteiger partial charge in [-0.3, -0.25) is 4.79 Å². The van der Waals surface area contributed by atoms with Crippen LogP contribution in [0.25, 0.3) is 0 Å². The highest BCUT2D eigenvalue weighted by atomic mass is 32.2. The van der Waals surface area contributed by atoms with Crippen LogP contribution in [0.15, 0.2) is 47.4 Å². The van der Waals surface area contributed by atoms with Crippen molar-refractivity contribution < 1.29 is 31.1 Å². The number of fused-ring (bicyclic) bond motifs is 1. The van der Waals surface area contributed by atoms with Gasteiger partial charge in [-0.15, -0.1) is 0 Å². The maximum atomic E-state index is 12.8. The van der Waals surface area contributed by atoms with E-state index in [9.17, 15) is 26.4 Å². The second kappa shape index (κ2) is 7.44. The molecule has 0 radical (unpaired) electrons. The fourth-order valence-electron chi connectivity index (χ4n) is 2.89. The monoisotopic (exact) mass is 414 g/mol. The molecule has 0 atom stereocenters. The van der Waals surface area contributed by atoms with Crippen LogP contribution in [-0.2, 0) is 16.4 Å². The Hall–Kier alpha value is -2.59. The normalized spacial score (nSPS) is 14.1. The first-order chi connectivity index (χ1) is 13.1. The zero-order valence-electron chi connectivity index (χ0n) is 14.8. The minimum Gasteiger partial charge on any atom is -0.484 e. The third kappa shape index (κ3) is 4.28. The van der Waals surface area contributed by atoms with Crippen molar-refractivity contribution in [3.63, 3.8) is 0 Å². The first kappa shape index (κ1) is 20.2. The minimum absolute atomic E-state index is 0.0117. The average molecular weight is 414 g/mol. The molecule has 3 rings (SSSR count). The lowest BCUT2D eigenvalue weighted by molar-refractivity contribution is -0.153. The van der Waals surface area contributed by atoms with Gasteiger partial charge in [0, 0.05) is 17.8 Å². The summed E-state index contributed by atoms with van der Waals surface area (Å²) in [4.78, 5) is 14.4. The largest absolute Gasteiger partial charge is 0.484 e. The van der Waals surface area contributed by atoms with Crippen LogP contribution in [0.3, 0.4) is 0 Å². The second-order valence-corrected chi connectivity index (χ2v) is 8.02. The lowest BCUT2D eigenvalue weighted by Crippen LogP contribution is -2.28. The van der Waals surface area contributed by atoms with Crippen molar-refractivity contribution in [2.45, 2.75) is 17.5 Å². The van der Waals surface area contributed by atoms with Crippen LogP contribution in [0.2, 0.25) is 0 Å². The van der Waals surface area contributed by atoms with Crippen molar-refractivity contribution in [3.8, 4) is 5.75 Å². The van der Waals surface area contributed by atoms with E-state index in [-0.39, 0.29) is 16.6 Å². The number of hydrogen-bond acceptors (Lipinski definition) is 4. The molecule has 0 aromatic heterocycles. The fourth-order valence-corrected chi connectivity index (χ4v) is 3.67. The number of ether oxygens (including phenoxy) is 1. The van der Waals surface area contributed by atoms with Crippen LogP contribution in [0.1, 0.15) is 15.9 Å². The highest BCUT2D eigenvalue weighted by Gasteiger charge is 2.29. The Morgan fingerprint density at radius 2 is 1.86 bits per heavy atom. The first-order valence-electron chi connectivity index (χ1n) is 8.29. The van der Waals surface area contributed by atoms with Gasteiger partial charge in [-0.25, -0.2) is 13.1 Å². The Kier molecular flexibility index (Phi) is 5.35. The molecule has 0 saturated heterocycles. The molecule has 0 aliphatic carbocycles. The van der Waals surface area contributed by atoms with Crippen molar-refractivity contribution in [3.05, 3.63) is 53.6 Å². The third-order valence-corrected chi connectivity index (χ3v) is 5.69. The first-order valence-corrected chi connectivity index (χ1v) is 9.77. The summed E-state index contributed by atoms with van der Waals surface area (Å²) in [7, 11) is -2.26. The molecular weight excluding hydrogens is 397 g/mol. The summed E-state index contributed by atoms with van der Waals surface area (Å²) in [6.45, 7) is -1.03. The van der Waals surface area contributed by atoms with Crippen molar-refractivity contribution in [2.24, 2.45) is 0 Å². The van der Waals surface area contributed by atoms with Crippen LogP contribution in [0.5, 0.6) is 5.75 Å². The number of alkyl halides is 3. The maximum Gasteiger partial charge on any atom is 0.422 e. The molecule has 2 aromatic rings. The maximum absolute atomic E-state index is 12.8. The van der Waals surface area contributed by atoms with E-state index in [0.717, 1.165) is 5.56 Å². The molecule has 0 saturated carbocycles. The van der Waals surface area contributed by atoms with Crippen LogP contribution < -0.4 is 14.4 Å². The smallest absolute Gasteiger partial charge is 0.422 e. The Morgan fingerprint density at radius 1 is 1.18 bits per heavy atom. The van der Waals surface area contributed by atoms with Gasteiger partial charge in [0.15, 0.2) is 6.61 Å². The number of sulfonamides is 1. The number of benzene rings is 2. The Labute approximate surface area is 160 Å². The van der Waals surface area contributed by atoms with Gasteiger partial charge in [-0.1, -0.05) is 0 Å². The summed E-state index contributed by atoms with van der Waals surface area (Å²) in [5.41, 5.74) is 1.63. The molecule has 1 aliphatic rings. The van der Waals surface area contributed by atoms with Crippen molar-refractivity contribution >= 4 is 21.6 Å². The number of hydrogen-bond donors (Lipinski definition) is 1. The predicted molar refractivity (Wildman–Crippen MR) is 96.1 cm³/mol. The van der Waals surface area contributed by atoms with E-state index >= 15 is 0 Å². The number of halogens is 3. The fraction of sp³-hybridized carbons (Fsp3) is 0.278. The molecule has 1 amide bonds. The standard InChI is InChI=1S/C18H17F3N2O4S/c1-22-28(25,26)15-6-7-16-13(10-15)8-9-23(16)17(24)12-2-4-14(5-3-12)27-11-18(19,20)21/h2-7,10,22H,8-9,11H2,1H3. The molecule has 150 valence electrons. The molecule has 0 unspecified atom stereocenters. The summed E-state index contributed by atoms with van der Waals surface area (Å²) in [6, 6.07) is 9.92. The molecule has 6 nitrogen and oxygen atoms in total. The summed E-state index contributed by atoms with van der Waals surface area (Å²) in [6.07, 6.45) is -3.94. The van der Waals surface area contributed by atoms with Gasteiger partial charge in [-0.2, -0.15) is 13.2 Å². The molecule has 0 fully saturated rings. The topological polar surface area (TPSA) is 75.7 Å². The van der Waals surface area contributed by atoms with Crippen molar-refractivity contribution in [1.82, 2.24) is 4.72 Å². The number of nitrogens with zero attached hydrogens (tertiary/aromatic N) is 1. The highest BCUT2D eigenvalue weighted by molar-refractivity contribution is 7.89. The predicted octanol–water partition coefficient (Wildman–Crippen LogP) is 2.74. The molecule has 0 spiro atoms. The SMILES string of the molecule is CNS(=O)(=O)c1ccc2c(c1)CCN2C(=O)c1ccc(OCC(F)(F)F)cc1. The quantitative estimate of drug-likeness (QED) is 0.817. The second-order valence-electron chi connectivity index (χ2n) is 6.13. The third-order valence-electron chi connectivity index (χ3n) is 4.27. The summed E-state index contributed by atoms with van der Waals surface area (Å²) >= 11 is 0. The summed E-state index contributed by atoms with van der Waals surface area (Å²) in [5.74, 6) is -0.317. The molecule has 1 aliphatic heterocycles. The molecule has 0 bridgehead atoms.